The lowest BCUT2D eigenvalue weighted by atomic mass is 10.1. The van der Waals surface area contributed by atoms with Crippen LogP contribution in [0.4, 0.5) is 5.69 Å². The third kappa shape index (κ3) is 1.75. The zero-order valence-corrected chi connectivity index (χ0v) is 12.1. The molecule has 1 aromatic heterocycles. The molecule has 20 heavy (non-hydrogen) atoms. The number of rotatable bonds is 2. The van der Waals surface area contributed by atoms with Crippen LogP contribution >= 0.6 is 11.3 Å². The molecule has 1 fully saturated rings. The number of carbonyl (C=O) groups excluding carboxylic acids is 1. The van der Waals surface area contributed by atoms with E-state index in [1.807, 2.05) is 29.2 Å². The molecule has 1 saturated carbocycles. The normalized spacial score (nSPS) is 21.6. The number of para-hydroxylation sites is 1. The Morgan fingerprint density at radius 1 is 1.25 bits per heavy atom. The number of fused-ring (bicyclic) bond motifs is 1. The van der Waals surface area contributed by atoms with Crippen LogP contribution in [0.3, 0.4) is 0 Å². The maximum absolute atomic E-state index is 12.8. The molecule has 2 heterocycles. The van der Waals surface area contributed by atoms with Crippen molar-refractivity contribution in [2.75, 3.05) is 5.32 Å². The SMILES string of the molecule is Cc1ccsc1[C@H]1Nc2ccccc2C(=O)N1C1CC1. The molecule has 1 atom stereocenters. The third-order valence-corrected chi connectivity index (χ3v) is 5.12. The fourth-order valence-corrected chi connectivity index (χ4v) is 3.83. The molecule has 0 saturated heterocycles. The van der Waals surface area contributed by atoms with Crippen LogP contribution < -0.4 is 5.32 Å². The summed E-state index contributed by atoms with van der Waals surface area (Å²) < 4.78 is 0. The summed E-state index contributed by atoms with van der Waals surface area (Å²) in [5.41, 5.74) is 3.00. The lowest BCUT2D eigenvalue weighted by molar-refractivity contribution is 0.0669. The van der Waals surface area contributed by atoms with Crippen LogP contribution in [0.2, 0.25) is 0 Å². The van der Waals surface area contributed by atoms with Gasteiger partial charge in [-0.3, -0.25) is 4.79 Å². The number of nitrogens with zero attached hydrogens (tertiary/aromatic N) is 1. The highest BCUT2D eigenvalue weighted by Gasteiger charge is 2.42. The topological polar surface area (TPSA) is 32.3 Å². The van der Waals surface area contributed by atoms with Crippen LogP contribution in [-0.2, 0) is 0 Å². The summed E-state index contributed by atoms with van der Waals surface area (Å²) in [5.74, 6) is 0.166. The van der Waals surface area contributed by atoms with E-state index in [1.54, 1.807) is 11.3 Å². The Kier molecular flexibility index (Phi) is 2.60. The van der Waals surface area contributed by atoms with E-state index < -0.39 is 0 Å². The third-order valence-electron chi connectivity index (χ3n) is 4.05. The Balaban J connectivity index is 1.82. The van der Waals surface area contributed by atoms with Crippen molar-refractivity contribution in [3.63, 3.8) is 0 Å². The maximum atomic E-state index is 12.8. The molecule has 1 aromatic carbocycles. The molecule has 2 aromatic rings. The molecule has 0 radical (unpaired) electrons. The van der Waals surface area contributed by atoms with Crippen molar-refractivity contribution in [3.8, 4) is 0 Å². The van der Waals surface area contributed by atoms with Crippen molar-refractivity contribution in [1.82, 2.24) is 4.90 Å². The smallest absolute Gasteiger partial charge is 0.258 e. The number of aryl methyl sites for hydroxylation is 1. The van der Waals surface area contributed by atoms with Gasteiger partial charge in [0.1, 0.15) is 6.17 Å². The molecule has 2 aliphatic rings. The van der Waals surface area contributed by atoms with Crippen LogP contribution in [0.1, 0.15) is 39.8 Å². The second kappa shape index (κ2) is 4.35. The quantitative estimate of drug-likeness (QED) is 0.910. The Morgan fingerprint density at radius 2 is 2.05 bits per heavy atom. The Labute approximate surface area is 122 Å². The van der Waals surface area contributed by atoms with Crippen LogP contribution in [0.5, 0.6) is 0 Å². The molecule has 3 nitrogen and oxygen atoms in total. The van der Waals surface area contributed by atoms with Gasteiger partial charge < -0.3 is 10.2 Å². The first kappa shape index (κ1) is 12.0. The molecule has 0 spiro atoms. The van der Waals surface area contributed by atoms with Gasteiger partial charge in [0.15, 0.2) is 0 Å². The number of carbonyl (C=O) groups is 1. The number of hydrogen-bond donors (Lipinski definition) is 1. The van der Waals surface area contributed by atoms with Crippen molar-refractivity contribution in [1.29, 1.82) is 0 Å². The monoisotopic (exact) mass is 284 g/mol. The summed E-state index contributed by atoms with van der Waals surface area (Å²) >= 11 is 1.73. The van der Waals surface area contributed by atoms with Crippen molar-refractivity contribution in [2.24, 2.45) is 0 Å². The van der Waals surface area contributed by atoms with Crippen LogP contribution in [0.15, 0.2) is 35.7 Å². The lowest BCUT2D eigenvalue weighted by Gasteiger charge is -2.38. The summed E-state index contributed by atoms with van der Waals surface area (Å²) in [6.07, 6.45) is 2.23. The van der Waals surface area contributed by atoms with Crippen LogP contribution in [0, 0.1) is 6.92 Å². The van der Waals surface area contributed by atoms with E-state index >= 15 is 0 Å². The number of amides is 1. The van der Waals surface area contributed by atoms with Gasteiger partial charge in [-0.05, 0) is 48.9 Å². The van der Waals surface area contributed by atoms with Gasteiger partial charge in [-0.25, -0.2) is 0 Å². The highest BCUT2D eigenvalue weighted by Crippen LogP contribution is 2.42. The Morgan fingerprint density at radius 3 is 2.75 bits per heavy atom. The van der Waals surface area contributed by atoms with Crippen molar-refractivity contribution >= 4 is 22.9 Å². The molecular formula is C16H16N2OS. The standard InChI is InChI=1S/C16H16N2OS/c1-10-8-9-20-14(10)15-17-13-5-3-2-4-12(13)16(19)18(15)11-6-7-11/h2-5,8-9,11,15,17H,6-7H2,1H3/t15-/m0/s1. The summed E-state index contributed by atoms with van der Waals surface area (Å²) in [5, 5.41) is 5.66. The highest BCUT2D eigenvalue weighted by atomic mass is 32.1. The van der Waals surface area contributed by atoms with Crippen LogP contribution in [0.25, 0.3) is 0 Å². The van der Waals surface area contributed by atoms with Crippen LogP contribution in [-0.4, -0.2) is 16.8 Å². The van der Waals surface area contributed by atoms with Gasteiger partial charge in [0.05, 0.1) is 10.4 Å². The van der Waals surface area contributed by atoms with E-state index in [2.05, 4.69) is 23.7 Å². The number of nitrogens with one attached hydrogen (secondary N) is 1. The Hall–Kier alpha value is -1.81. The first-order chi connectivity index (χ1) is 9.75. The van der Waals surface area contributed by atoms with E-state index in [0.29, 0.717) is 6.04 Å². The molecular weight excluding hydrogens is 268 g/mol. The van der Waals surface area contributed by atoms with Gasteiger partial charge in [0.25, 0.3) is 5.91 Å². The summed E-state index contributed by atoms with van der Waals surface area (Å²) in [4.78, 5) is 16.1. The van der Waals surface area contributed by atoms with Gasteiger partial charge in [-0.2, -0.15) is 0 Å². The van der Waals surface area contributed by atoms with Gasteiger partial charge in [0.2, 0.25) is 0 Å². The first-order valence-corrected chi connectivity index (χ1v) is 7.86. The fourth-order valence-electron chi connectivity index (χ4n) is 2.85. The molecule has 4 heteroatoms. The van der Waals surface area contributed by atoms with Crippen molar-refractivity contribution in [2.45, 2.75) is 32.0 Å². The number of hydrogen-bond acceptors (Lipinski definition) is 3. The largest absolute Gasteiger partial charge is 0.360 e. The minimum Gasteiger partial charge on any atom is -0.360 e. The van der Waals surface area contributed by atoms with Crippen molar-refractivity contribution < 1.29 is 4.79 Å². The number of thiophene rings is 1. The zero-order chi connectivity index (χ0) is 13.7. The number of benzene rings is 1. The summed E-state index contributed by atoms with van der Waals surface area (Å²) in [7, 11) is 0. The zero-order valence-electron chi connectivity index (χ0n) is 11.3. The molecule has 1 N–H and O–H groups in total. The lowest BCUT2D eigenvalue weighted by Crippen LogP contribution is -2.44. The van der Waals surface area contributed by atoms with E-state index in [1.165, 1.54) is 10.4 Å². The molecule has 102 valence electrons. The second-order valence-electron chi connectivity index (χ2n) is 5.50. The van der Waals surface area contributed by atoms with Gasteiger partial charge in [-0.15, -0.1) is 11.3 Å². The fraction of sp³-hybridized carbons (Fsp3) is 0.312. The minimum atomic E-state index is -0.00935. The molecule has 1 amide bonds. The van der Waals surface area contributed by atoms with E-state index in [0.717, 1.165) is 24.1 Å². The molecule has 1 aliphatic heterocycles. The predicted molar refractivity (Wildman–Crippen MR) is 81.1 cm³/mol. The Bertz CT molecular complexity index is 675. The predicted octanol–water partition coefficient (Wildman–Crippen LogP) is 3.79. The van der Waals surface area contributed by atoms with E-state index in [-0.39, 0.29) is 12.1 Å². The van der Waals surface area contributed by atoms with Gasteiger partial charge >= 0.3 is 0 Å². The summed E-state index contributed by atoms with van der Waals surface area (Å²) in [6.45, 7) is 2.11. The number of anilines is 1. The molecule has 4 rings (SSSR count). The highest BCUT2D eigenvalue weighted by molar-refractivity contribution is 7.10. The van der Waals surface area contributed by atoms with E-state index in [9.17, 15) is 4.79 Å². The second-order valence-corrected chi connectivity index (χ2v) is 6.45. The first-order valence-electron chi connectivity index (χ1n) is 6.98. The maximum Gasteiger partial charge on any atom is 0.258 e. The summed E-state index contributed by atoms with van der Waals surface area (Å²) in [6, 6.07) is 10.3. The van der Waals surface area contributed by atoms with Gasteiger partial charge in [-0.1, -0.05) is 12.1 Å². The molecule has 0 unspecified atom stereocenters. The van der Waals surface area contributed by atoms with Crippen molar-refractivity contribution in [3.05, 3.63) is 51.7 Å². The minimum absolute atomic E-state index is 0.00935. The molecule has 1 aliphatic carbocycles. The van der Waals surface area contributed by atoms with Gasteiger partial charge in [0, 0.05) is 11.7 Å². The molecule has 0 bridgehead atoms. The average Bonchev–Trinajstić information content (AvgIpc) is 3.20. The van der Waals surface area contributed by atoms with E-state index in [4.69, 9.17) is 0 Å². The average molecular weight is 284 g/mol.